The van der Waals surface area contributed by atoms with Crippen LogP contribution in [0.1, 0.15) is 61.1 Å². The third-order valence-electron chi connectivity index (χ3n) is 6.13. The van der Waals surface area contributed by atoms with Crippen molar-refractivity contribution in [1.29, 1.82) is 0 Å². The zero-order valence-corrected chi connectivity index (χ0v) is 21.9. The fourth-order valence-electron chi connectivity index (χ4n) is 4.00. The van der Waals surface area contributed by atoms with Crippen molar-refractivity contribution in [2.75, 3.05) is 7.05 Å². The Kier molecular flexibility index (Phi) is 9.55. The van der Waals surface area contributed by atoms with Crippen LogP contribution in [0.25, 0.3) is 0 Å². The van der Waals surface area contributed by atoms with E-state index in [0.29, 0.717) is 30.1 Å². The molecular formula is C30H35FN4O2. The summed E-state index contributed by atoms with van der Waals surface area (Å²) in [5.74, 6) is -0.142. The summed E-state index contributed by atoms with van der Waals surface area (Å²) in [6.45, 7) is 6.36. The van der Waals surface area contributed by atoms with E-state index in [0.717, 1.165) is 17.5 Å². The van der Waals surface area contributed by atoms with E-state index in [9.17, 15) is 14.0 Å². The quantitative estimate of drug-likeness (QED) is 0.285. The second-order valence-electron chi connectivity index (χ2n) is 9.59. The van der Waals surface area contributed by atoms with E-state index in [-0.39, 0.29) is 23.6 Å². The highest BCUT2D eigenvalue weighted by molar-refractivity contribution is 5.98. The number of amides is 2. The van der Waals surface area contributed by atoms with Gasteiger partial charge < -0.3 is 10.6 Å². The van der Waals surface area contributed by atoms with Gasteiger partial charge in [0.25, 0.3) is 5.91 Å². The summed E-state index contributed by atoms with van der Waals surface area (Å²) in [6, 6.07) is 22.1. The molecule has 0 aliphatic carbocycles. The Bertz CT molecular complexity index is 1230. The number of hydrogen-bond acceptors (Lipinski definition) is 3. The molecule has 2 N–H and O–H groups in total. The highest BCUT2D eigenvalue weighted by atomic mass is 19.1. The topological polar surface area (TPSA) is 79.0 Å². The van der Waals surface area contributed by atoms with Gasteiger partial charge in [-0.2, -0.15) is 0 Å². The summed E-state index contributed by atoms with van der Waals surface area (Å²) in [6.07, 6.45) is 1.07. The minimum Gasteiger partial charge on any atom is -0.369 e. The minimum atomic E-state index is -0.442. The van der Waals surface area contributed by atoms with Gasteiger partial charge in [-0.05, 0) is 66.8 Å². The number of hydrogen-bond donors (Lipinski definition) is 1. The summed E-state index contributed by atoms with van der Waals surface area (Å²) in [5.41, 5.74) is 9.13. The second-order valence-corrected chi connectivity index (χ2v) is 9.59. The first-order valence-electron chi connectivity index (χ1n) is 12.5. The van der Waals surface area contributed by atoms with E-state index in [1.807, 2.05) is 43.3 Å². The Hall–Kier alpha value is -4.00. The third-order valence-corrected chi connectivity index (χ3v) is 6.13. The summed E-state index contributed by atoms with van der Waals surface area (Å²) in [7, 11) is 1.70. The normalized spacial score (nSPS) is 12.3. The molecule has 0 saturated carbocycles. The van der Waals surface area contributed by atoms with E-state index < -0.39 is 6.04 Å². The number of carbonyl (C=O) groups is 2. The Balaban J connectivity index is 1.86. The molecular weight excluding hydrogens is 467 g/mol. The average Bonchev–Trinajstić information content (AvgIpc) is 2.89. The lowest BCUT2D eigenvalue weighted by molar-refractivity contribution is -0.129. The van der Waals surface area contributed by atoms with Crippen LogP contribution in [0.5, 0.6) is 0 Å². The van der Waals surface area contributed by atoms with Crippen LogP contribution in [0.3, 0.4) is 0 Å². The van der Waals surface area contributed by atoms with Gasteiger partial charge in [0.15, 0.2) is 0 Å². The van der Waals surface area contributed by atoms with Crippen molar-refractivity contribution in [1.82, 2.24) is 9.80 Å². The van der Waals surface area contributed by atoms with Gasteiger partial charge in [0, 0.05) is 25.6 Å². The Labute approximate surface area is 218 Å². The van der Waals surface area contributed by atoms with Gasteiger partial charge in [-0.1, -0.05) is 56.3 Å². The molecule has 0 aromatic heterocycles. The number of nitrogens with two attached hydrogens (primary N) is 1. The van der Waals surface area contributed by atoms with Gasteiger partial charge >= 0.3 is 0 Å². The number of guanidine groups is 1. The predicted molar refractivity (Wildman–Crippen MR) is 146 cm³/mol. The molecule has 194 valence electrons. The Morgan fingerprint density at radius 1 is 0.946 bits per heavy atom. The van der Waals surface area contributed by atoms with Crippen LogP contribution in [0.4, 0.5) is 10.1 Å². The van der Waals surface area contributed by atoms with Crippen molar-refractivity contribution < 1.29 is 14.0 Å². The van der Waals surface area contributed by atoms with Crippen molar-refractivity contribution in [2.24, 2.45) is 16.6 Å². The molecule has 0 aliphatic rings. The third kappa shape index (κ3) is 7.74. The van der Waals surface area contributed by atoms with E-state index >= 15 is 0 Å². The molecule has 0 radical (unpaired) electrons. The maximum absolute atomic E-state index is 13.3. The molecule has 7 heteroatoms. The Morgan fingerprint density at radius 3 is 2.27 bits per heavy atom. The molecule has 0 fully saturated rings. The molecule has 0 aliphatic heterocycles. The zero-order valence-electron chi connectivity index (χ0n) is 21.9. The van der Waals surface area contributed by atoms with Crippen molar-refractivity contribution >= 4 is 23.5 Å². The molecule has 3 aromatic carbocycles. The monoisotopic (exact) mass is 502 g/mol. The number of rotatable bonds is 9. The molecule has 3 aromatic rings. The molecule has 3 rings (SSSR count). The number of benzene rings is 3. The number of halogens is 1. The van der Waals surface area contributed by atoms with Gasteiger partial charge in [0.05, 0.1) is 11.7 Å². The van der Waals surface area contributed by atoms with E-state index in [1.165, 1.54) is 17.0 Å². The lowest BCUT2D eigenvalue weighted by Crippen LogP contribution is -2.43. The van der Waals surface area contributed by atoms with E-state index in [4.69, 9.17) is 5.73 Å². The molecule has 0 spiro atoms. The van der Waals surface area contributed by atoms with Gasteiger partial charge in [-0.15, -0.1) is 0 Å². The van der Waals surface area contributed by atoms with Crippen LogP contribution in [0.2, 0.25) is 0 Å². The number of para-hydroxylation sites is 1. The SMILES string of the molecule is CC(C)CCC(=O)N(C(N)=Nc1ccccc1)[C@H](C)c1cccc(C(=O)N(C)Cc2ccc(F)cc2)c1. The van der Waals surface area contributed by atoms with Crippen molar-refractivity contribution in [3.8, 4) is 0 Å². The van der Waals surface area contributed by atoms with Crippen LogP contribution in [-0.2, 0) is 11.3 Å². The second kappa shape index (κ2) is 12.8. The van der Waals surface area contributed by atoms with Crippen molar-refractivity contribution in [2.45, 2.75) is 46.2 Å². The summed E-state index contributed by atoms with van der Waals surface area (Å²) < 4.78 is 13.2. The van der Waals surface area contributed by atoms with Crippen LogP contribution in [-0.4, -0.2) is 34.6 Å². The van der Waals surface area contributed by atoms with E-state index in [2.05, 4.69) is 18.8 Å². The molecule has 2 amide bonds. The summed E-state index contributed by atoms with van der Waals surface area (Å²) >= 11 is 0. The highest BCUT2D eigenvalue weighted by Gasteiger charge is 2.26. The number of nitrogens with zero attached hydrogens (tertiary/aromatic N) is 3. The Morgan fingerprint density at radius 2 is 1.62 bits per heavy atom. The summed E-state index contributed by atoms with van der Waals surface area (Å²) in [5, 5.41) is 0. The molecule has 1 atom stereocenters. The number of carbonyl (C=O) groups excluding carboxylic acids is 2. The number of aliphatic imine (C=N–C) groups is 1. The molecule has 37 heavy (non-hydrogen) atoms. The lowest BCUT2D eigenvalue weighted by Gasteiger charge is -2.29. The van der Waals surface area contributed by atoms with Crippen LogP contribution < -0.4 is 5.73 Å². The van der Waals surface area contributed by atoms with Crippen LogP contribution >= 0.6 is 0 Å². The smallest absolute Gasteiger partial charge is 0.253 e. The van der Waals surface area contributed by atoms with Gasteiger partial charge in [0.1, 0.15) is 5.82 Å². The first kappa shape index (κ1) is 27.6. The van der Waals surface area contributed by atoms with Gasteiger partial charge in [-0.3, -0.25) is 14.5 Å². The zero-order chi connectivity index (χ0) is 26.9. The van der Waals surface area contributed by atoms with E-state index in [1.54, 1.807) is 42.3 Å². The largest absolute Gasteiger partial charge is 0.369 e. The van der Waals surface area contributed by atoms with Gasteiger partial charge in [-0.25, -0.2) is 9.38 Å². The molecule has 0 saturated heterocycles. The first-order valence-corrected chi connectivity index (χ1v) is 12.5. The van der Waals surface area contributed by atoms with Crippen LogP contribution in [0.15, 0.2) is 83.9 Å². The maximum Gasteiger partial charge on any atom is 0.253 e. The molecule has 6 nitrogen and oxygen atoms in total. The highest BCUT2D eigenvalue weighted by Crippen LogP contribution is 2.25. The predicted octanol–water partition coefficient (Wildman–Crippen LogP) is 6.07. The van der Waals surface area contributed by atoms with Crippen molar-refractivity contribution in [3.63, 3.8) is 0 Å². The van der Waals surface area contributed by atoms with Gasteiger partial charge in [0.2, 0.25) is 11.9 Å². The lowest BCUT2D eigenvalue weighted by atomic mass is 10.0. The van der Waals surface area contributed by atoms with Crippen LogP contribution in [0, 0.1) is 11.7 Å². The first-order chi connectivity index (χ1) is 17.7. The fraction of sp³-hybridized carbons (Fsp3) is 0.300. The molecule has 0 unspecified atom stereocenters. The minimum absolute atomic E-state index is 0.109. The fourth-order valence-corrected chi connectivity index (χ4v) is 4.00. The van der Waals surface area contributed by atoms with Crippen molar-refractivity contribution in [3.05, 3.63) is 101 Å². The molecule has 0 heterocycles. The average molecular weight is 503 g/mol. The summed E-state index contributed by atoms with van der Waals surface area (Å²) in [4.78, 5) is 34.1. The maximum atomic E-state index is 13.3. The standard InChI is InChI=1S/C30H35FN4O2/c1-21(2)13-18-28(36)35(30(32)33-27-11-6-5-7-12-27)22(3)24-9-8-10-25(19-24)29(37)34(4)20-23-14-16-26(31)17-15-23/h5-12,14-17,19,21-22H,13,18,20H2,1-4H3,(H2,32,33)/t22-/m1/s1. The molecule has 0 bridgehead atoms.